The Morgan fingerprint density at radius 1 is 0.364 bits per heavy atom. The van der Waals surface area contributed by atoms with Crippen LogP contribution in [0.25, 0.3) is 87.5 Å². The topological polar surface area (TPSA) is 38.7 Å². The lowest BCUT2D eigenvalue weighted by molar-refractivity contribution is 1.17. The van der Waals surface area contributed by atoms with Crippen LogP contribution in [0.2, 0.25) is 0 Å². The van der Waals surface area contributed by atoms with Gasteiger partial charge in [-0.3, -0.25) is 4.98 Å². The van der Waals surface area contributed by atoms with Crippen molar-refractivity contribution in [2.45, 2.75) is 0 Å². The molecule has 0 amide bonds. The lowest BCUT2D eigenvalue weighted by Gasteiger charge is -2.19. The molecule has 0 aliphatic carbocycles. The first-order chi connectivity index (χ1) is 21.8. The van der Waals surface area contributed by atoms with Crippen LogP contribution in [0, 0.1) is 0 Å². The second kappa shape index (κ2) is 9.82. The summed E-state index contributed by atoms with van der Waals surface area (Å²) in [5.41, 5.74) is 5.53. The van der Waals surface area contributed by atoms with Crippen molar-refractivity contribution in [3.63, 3.8) is 0 Å². The molecule has 7 aromatic carbocycles. The molecule has 3 nitrogen and oxygen atoms in total. The monoisotopic (exact) mass is 559 g/mol. The van der Waals surface area contributed by atoms with Gasteiger partial charge in [0.15, 0.2) is 5.82 Å². The summed E-state index contributed by atoms with van der Waals surface area (Å²) >= 11 is 0. The normalized spacial score (nSPS) is 11.6. The lowest BCUT2D eigenvalue weighted by Crippen LogP contribution is -1.94. The van der Waals surface area contributed by atoms with Crippen molar-refractivity contribution in [2.24, 2.45) is 0 Å². The highest BCUT2D eigenvalue weighted by Gasteiger charge is 2.19. The molecule has 9 rings (SSSR count). The van der Waals surface area contributed by atoms with Crippen LogP contribution in [0.15, 0.2) is 152 Å². The zero-order valence-electron chi connectivity index (χ0n) is 23.8. The molecule has 2 aromatic heterocycles. The van der Waals surface area contributed by atoms with Crippen molar-refractivity contribution in [3.8, 4) is 33.6 Å². The van der Waals surface area contributed by atoms with Crippen molar-refractivity contribution in [1.29, 1.82) is 0 Å². The third-order valence-corrected chi connectivity index (χ3v) is 8.80. The highest BCUT2D eigenvalue weighted by molar-refractivity contribution is 6.25. The average Bonchev–Trinajstić information content (AvgIpc) is 3.10. The van der Waals surface area contributed by atoms with Crippen LogP contribution in [0.3, 0.4) is 0 Å². The summed E-state index contributed by atoms with van der Waals surface area (Å²) in [7, 11) is 0. The average molecular weight is 560 g/mol. The van der Waals surface area contributed by atoms with Crippen LogP contribution < -0.4 is 0 Å². The summed E-state index contributed by atoms with van der Waals surface area (Å²) in [6.07, 6.45) is 7.44. The van der Waals surface area contributed by atoms with E-state index in [4.69, 9.17) is 9.97 Å². The van der Waals surface area contributed by atoms with E-state index in [1.807, 2.05) is 24.5 Å². The first kappa shape index (κ1) is 24.6. The fourth-order valence-electron chi connectivity index (χ4n) is 6.83. The molecule has 0 saturated carbocycles. The highest BCUT2D eigenvalue weighted by atomic mass is 14.9. The van der Waals surface area contributed by atoms with Gasteiger partial charge in [-0.2, -0.15) is 0 Å². The van der Waals surface area contributed by atoms with Gasteiger partial charge in [-0.05, 0) is 89.3 Å². The fourth-order valence-corrected chi connectivity index (χ4v) is 6.83. The van der Waals surface area contributed by atoms with E-state index in [-0.39, 0.29) is 0 Å². The largest absolute Gasteiger partial charge is 0.264 e. The van der Waals surface area contributed by atoms with Gasteiger partial charge in [-0.1, -0.05) is 103 Å². The van der Waals surface area contributed by atoms with Crippen molar-refractivity contribution >= 4 is 53.9 Å². The van der Waals surface area contributed by atoms with E-state index in [0.717, 1.165) is 16.7 Å². The molecule has 0 fully saturated rings. The van der Waals surface area contributed by atoms with Crippen molar-refractivity contribution in [2.75, 3.05) is 0 Å². The van der Waals surface area contributed by atoms with Gasteiger partial charge in [-0.25, -0.2) is 9.97 Å². The molecule has 3 heteroatoms. The Kier molecular flexibility index (Phi) is 5.50. The van der Waals surface area contributed by atoms with E-state index in [1.54, 1.807) is 12.4 Å². The molecular weight excluding hydrogens is 534 g/mol. The van der Waals surface area contributed by atoms with Gasteiger partial charge in [0.2, 0.25) is 0 Å². The Morgan fingerprint density at radius 3 is 1.68 bits per heavy atom. The van der Waals surface area contributed by atoms with E-state index in [9.17, 15) is 0 Å². The van der Waals surface area contributed by atoms with Gasteiger partial charge in [0.25, 0.3) is 0 Å². The van der Waals surface area contributed by atoms with Gasteiger partial charge >= 0.3 is 0 Å². The summed E-state index contributed by atoms with van der Waals surface area (Å²) in [5.74, 6) is 0.669. The van der Waals surface area contributed by atoms with Crippen LogP contribution in [0.4, 0.5) is 0 Å². The SMILES string of the molecule is c1cncc(-c2ncc(-c3c4ccccc4c(-c4cccc5c4ccc4cc6ccccc6cc45)c4ccccc34)cn2)c1. The number of hydrogen-bond acceptors (Lipinski definition) is 3. The van der Waals surface area contributed by atoms with Gasteiger partial charge in [0.1, 0.15) is 0 Å². The van der Waals surface area contributed by atoms with Crippen LogP contribution in [0.1, 0.15) is 0 Å². The molecular formula is C41H25N3. The van der Waals surface area contributed by atoms with E-state index in [0.29, 0.717) is 5.82 Å². The molecule has 0 atom stereocenters. The quantitative estimate of drug-likeness (QED) is 0.160. The van der Waals surface area contributed by atoms with Crippen LogP contribution in [-0.4, -0.2) is 15.0 Å². The molecule has 0 aliphatic heterocycles. The third-order valence-electron chi connectivity index (χ3n) is 8.80. The predicted octanol–water partition coefficient (Wildman–Crippen LogP) is 10.6. The fraction of sp³-hybridized carbons (Fsp3) is 0. The Bertz CT molecular complexity index is 2480. The molecule has 9 aromatic rings. The standard InChI is InChI=1S/C41H25N3/c1-2-10-27-22-38-28(21-26(27)9-1)18-19-32-31(38)16-7-17-33(32)40-36-14-5-3-12-34(36)39(35-13-4-6-15-37(35)40)30-24-43-41(44-25-30)29-11-8-20-42-23-29/h1-25H. The molecule has 0 N–H and O–H groups in total. The maximum Gasteiger partial charge on any atom is 0.160 e. The smallest absolute Gasteiger partial charge is 0.160 e. The first-order valence-electron chi connectivity index (χ1n) is 14.8. The Morgan fingerprint density at radius 2 is 1.00 bits per heavy atom. The minimum Gasteiger partial charge on any atom is -0.264 e. The van der Waals surface area contributed by atoms with E-state index in [2.05, 4.69) is 120 Å². The minimum absolute atomic E-state index is 0.669. The summed E-state index contributed by atoms with van der Waals surface area (Å²) in [4.78, 5) is 13.8. The van der Waals surface area contributed by atoms with Crippen molar-refractivity contribution in [1.82, 2.24) is 15.0 Å². The zero-order chi connectivity index (χ0) is 29.0. The van der Waals surface area contributed by atoms with Gasteiger partial charge in [0.05, 0.1) is 0 Å². The second-order valence-electron chi connectivity index (χ2n) is 11.3. The molecule has 0 radical (unpaired) electrons. The second-order valence-corrected chi connectivity index (χ2v) is 11.3. The molecule has 2 heterocycles. The number of nitrogens with zero attached hydrogens (tertiary/aromatic N) is 3. The van der Waals surface area contributed by atoms with E-state index in [1.165, 1.54) is 65.0 Å². The molecule has 0 bridgehead atoms. The van der Waals surface area contributed by atoms with Crippen LogP contribution in [-0.2, 0) is 0 Å². The Balaban J connectivity index is 1.32. The van der Waals surface area contributed by atoms with E-state index < -0.39 is 0 Å². The molecule has 204 valence electrons. The third kappa shape index (κ3) is 3.80. The number of benzene rings is 7. The van der Waals surface area contributed by atoms with Crippen molar-refractivity contribution in [3.05, 3.63) is 152 Å². The number of fused-ring (bicyclic) bond motifs is 6. The molecule has 0 unspecified atom stereocenters. The summed E-state index contributed by atoms with van der Waals surface area (Å²) < 4.78 is 0. The van der Waals surface area contributed by atoms with Gasteiger partial charge in [0, 0.05) is 41.5 Å². The molecule has 0 spiro atoms. The van der Waals surface area contributed by atoms with Crippen LogP contribution >= 0.6 is 0 Å². The number of pyridine rings is 1. The lowest BCUT2D eigenvalue weighted by atomic mass is 9.84. The van der Waals surface area contributed by atoms with Gasteiger partial charge < -0.3 is 0 Å². The van der Waals surface area contributed by atoms with Gasteiger partial charge in [-0.15, -0.1) is 0 Å². The molecule has 0 saturated heterocycles. The summed E-state index contributed by atoms with van der Waals surface area (Å²) in [5, 5.41) is 12.4. The number of hydrogen-bond donors (Lipinski definition) is 0. The maximum absolute atomic E-state index is 4.76. The Labute approximate surface area is 254 Å². The number of aromatic nitrogens is 3. The Hall–Kier alpha value is -5.93. The first-order valence-corrected chi connectivity index (χ1v) is 14.8. The van der Waals surface area contributed by atoms with E-state index >= 15 is 0 Å². The number of rotatable bonds is 3. The molecule has 44 heavy (non-hydrogen) atoms. The molecule has 0 aliphatic rings. The minimum atomic E-state index is 0.669. The zero-order valence-corrected chi connectivity index (χ0v) is 23.8. The summed E-state index contributed by atoms with van der Waals surface area (Å²) in [6.45, 7) is 0. The highest BCUT2D eigenvalue weighted by Crippen LogP contribution is 2.45. The maximum atomic E-state index is 4.76. The summed E-state index contributed by atoms with van der Waals surface area (Å²) in [6, 6.07) is 45.9. The van der Waals surface area contributed by atoms with Crippen molar-refractivity contribution < 1.29 is 0 Å². The van der Waals surface area contributed by atoms with Crippen LogP contribution in [0.5, 0.6) is 0 Å². The predicted molar refractivity (Wildman–Crippen MR) is 184 cm³/mol.